The van der Waals surface area contributed by atoms with E-state index in [0.29, 0.717) is 17.9 Å². The van der Waals surface area contributed by atoms with Crippen LogP contribution in [0.3, 0.4) is 0 Å². The van der Waals surface area contributed by atoms with Gasteiger partial charge in [0.05, 0.1) is 17.9 Å². The molecular weight excluding hydrogens is 1370 g/mol. The van der Waals surface area contributed by atoms with E-state index in [2.05, 4.69) is 152 Å². The molecule has 8 aromatic carbocycles. The van der Waals surface area contributed by atoms with E-state index in [1.807, 2.05) is 207 Å². The summed E-state index contributed by atoms with van der Waals surface area (Å²) in [5.41, 5.74) is 20.6. The van der Waals surface area contributed by atoms with Gasteiger partial charge in [-0.05, 0) is 222 Å². The molecule has 0 saturated heterocycles. The van der Waals surface area contributed by atoms with Crippen molar-refractivity contribution in [2.45, 2.75) is 6.54 Å². The van der Waals surface area contributed by atoms with Crippen LogP contribution in [0.5, 0.6) is 0 Å². The number of carbonyl (C=O) groups is 1. The van der Waals surface area contributed by atoms with E-state index in [0.717, 1.165) is 87.1 Å². The molecule has 0 atom stereocenters. The summed E-state index contributed by atoms with van der Waals surface area (Å²) >= 11 is 17.7. The van der Waals surface area contributed by atoms with Crippen molar-refractivity contribution in [3.63, 3.8) is 0 Å². The average Bonchev–Trinajstić information content (AvgIpc) is 4.28. The third-order valence-electron chi connectivity index (χ3n) is 12.1. The van der Waals surface area contributed by atoms with Gasteiger partial charge in [0.2, 0.25) is 0 Å². The number of hydrazine groups is 1. The van der Waals surface area contributed by atoms with Gasteiger partial charge in [0.1, 0.15) is 18.5 Å². The Morgan fingerprint density at radius 2 is 0.843 bits per heavy atom. The topological polar surface area (TPSA) is 168 Å². The SMILES string of the molecule is CN(C)c1ccc(-c2ncn(-c3ccc(Br)cc3)n2)cc1.CN(C)c1ccc(-c2ncn(-c3ccc(I)cc3)n2)cc1.CN(C)c1ccc(C(=O)Cl)cc1.CN(C)c1ccc(C(N)=NCc2ccc(Br)cc2)cc1.NNc1ccc(Br)cc1. The van der Waals surface area contributed by atoms with Crippen molar-refractivity contribution in [3.05, 3.63) is 240 Å². The third kappa shape index (κ3) is 20.8. The highest BCUT2D eigenvalue weighted by Gasteiger charge is 2.09. The fraction of sp³-hybridized carbons (Fsp3) is 0.143. The van der Waals surface area contributed by atoms with Crippen LogP contribution in [0.4, 0.5) is 28.4 Å². The fourth-order valence-electron chi connectivity index (χ4n) is 7.27. The van der Waals surface area contributed by atoms with Gasteiger partial charge in [0.25, 0.3) is 5.24 Å². The first-order valence-corrected chi connectivity index (χ1v) is 29.5. The number of hydrogen-bond acceptors (Lipinski definition) is 12. The summed E-state index contributed by atoms with van der Waals surface area (Å²) < 4.78 is 7.95. The van der Waals surface area contributed by atoms with Crippen LogP contribution in [-0.4, -0.2) is 97.0 Å². The molecule has 2 aromatic heterocycles. The van der Waals surface area contributed by atoms with Gasteiger partial charge in [-0.1, -0.05) is 59.9 Å². The van der Waals surface area contributed by atoms with Gasteiger partial charge in [-0.3, -0.25) is 15.6 Å². The number of anilines is 5. The first-order valence-electron chi connectivity index (χ1n) is 25.7. The van der Waals surface area contributed by atoms with Crippen LogP contribution in [0.1, 0.15) is 21.5 Å². The maximum Gasteiger partial charge on any atom is 0.252 e. The molecule has 2 heterocycles. The number of nitrogen functional groups attached to an aromatic ring is 1. The molecule has 0 saturated carbocycles. The predicted octanol–water partition coefficient (Wildman–Crippen LogP) is 14.7. The molecular formula is C63H65Br3ClIN14O. The molecule has 83 heavy (non-hydrogen) atoms. The second-order valence-electron chi connectivity index (χ2n) is 19.0. The minimum atomic E-state index is -0.416. The van der Waals surface area contributed by atoms with Crippen molar-refractivity contribution in [2.24, 2.45) is 16.6 Å². The molecule has 10 rings (SSSR count). The Hall–Kier alpha value is -7.40. The van der Waals surface area contributed by atoms with Gasteiger partial charge < -0.3 is 30.8 Å². The van der Waals surface area contributed by atoms with E-state index in [-0.39, 0.29) is 0 Å². The highest BCUT2D eigenvalue weighted by atomic mass is 127. The first kappa shape index (κ1) is 64.8. The van der Waals surface area contributed by atoms with E-state index in [1.54, 1.807) is 34.2 Å². The molecule has 15 nitrogen and oxygen atoms in total. The zero-order valence-corrected chi connectivity index (χ0v) is 54.9. The Morgan fingerprint density at radius 1 is 0.506 bits per heavy atom. The molecule has 0 amide bonds. The number of nitrogens with two attached hydrogens (primary N) is 2. The summed E-state index contributed by atoms with van der Waals surface area (Å²) in [6.45, 7) is 0.592. The quantitative estimate of drug-likeness (QED) is 0.0250. The molecule has 20 heteroatoms. The van der Waals surface area contributed by atoms with Crippen LogP contribution >= 0.6 is 82.0 Å². The summed E-state index contributed by atoms with van der Waals surface area (Å²) in [5.74, 6) is 7.16. The van der Waals surface area contributed by atoms with Crippen molar-refractivity contribution in [1.82, 2.24) is 29.5 Å². The number of carbonyl (C=O) groups excluding carboxylic acids is 1. The first-order chi connectivity index (χ1) is 39.8. The molecule has 0 aliphatic rings. The van der Waals surface area contributed by atoms with Gasteiger partial charge in [-0.25, -0.2) is 19.3 Å². The molecule has 0 aliphatic heterocycles. The van der Waals surface area contributed by atoms with E-state index in [9.17, 15) is 4.79 Å². The van der Waals surface area contributed by atoms with Gasteiger partial charge in [-0.15, -0.1) is 10.2 Å². The summed E-state index contributed by atoms with van der Waals surface area (Å²) in [7, 11) is 16.0. The van der Waals surface area contributed by atoms with E-state index >= 15 is 0 Å². The average molecular weight is 1440 g/mol. The summed E-state index contributed by atoms with van der Waals surface area (Å²) in [4.78, 5) is 32.0. The van der Waals surface area contributed by atoms with Gasteiger partial charge in [-0.2, -0.15) is 0 Å². The normalized spacial score (nSPS) is 10.5. The Balaban J connectivity index is 0.000000172. The maximum absolute atomic E-state index is 10.7. The predicted molar refractivity (Wildman–Crippen MR) is 365 cm³/mol. The second-order valence-corrected chi connectivity index (χ2v) is 23.3. The van der Waals surface area contributed by atoms with E-state index < -0.39 is 5.24 Å². The zero-order chi connectivity index (χ0) is 60.0. The number of nitrogens with one attached hydrogen (secondary N) is 1. The minimum absolute atomic E-state index is 0.416. The van der Waals surface area contributed by atoms with Crippen molar-refractivity contribution >= 4 is 121 Å². The van der Waals surface area contributed by atoms with Crippen molar-refractivity contribution in [2.75, 3.05) is 81.4 Å². The molecule has 428 valence electrons. The number of amidine groups is 1. The van der Waals surface area contributed by atoms with Crippen molar-refractivity contribution in [3.8, 4) is 34.2 Å². The Bertz CT molecular complexity index is 3450. The summed E-state index contributed by atoms with van der Waals surface area (Å²) in [6, 6.07) is 63.5. The van der Waals surface area contributed by atoms with Crippen molar-refractivity contribution < 1.29 is 4.79 Å². The standard InChI is InChI=1S/C16H15BrN4.C16H18BrN3.C16H15IN4.C9H10ClNO.C6H7BrN2/c1-20(2)14-7-3-12(4-8-14)16-18-11-21(19-16)15-9-5-13(17)6-10-15;1-20(2)15-9-5-13(6-10-15)16(18)19-11-12-3-7-14(17)8-4-12;1-20(2)14-7-3-12(4-8-14)16-18-11-21(19-16)15-9-5-13(17)6-10-15;1-11(2)8-5-3-7(4-6-8)9(10)12;7-5-1-3-6(9-8)4-2-5/h3-11H,1-2H3;3-10H,11H2,1-2H3,(H2,18,19);3-11H,1-2H3;3-6H,1-2H3;1-4,9H,8H2. The van der Waals surface area contributed by atoms with Crippen LogP contribution < -0.4 is 36.6 Å². The molecule has 0 spiro atoms. The number of aromatic nitrogens is 6. The van der Waals surface area contributed by atoms with Crippen LogP contribution in [0.15, 0.2) is 225 Å². The van der Waals surface area contributed by atoms with Gasteiger partial charge in [0, 0.05) is 124 Å². The van der Waals surface area contributed by atoms with E-state index in [1.165, 1.54) is 3.57 Å². The molecule has 0 bridgehead atoms. The highest BCUT2D eigenvalue weighted by molar-refractivity contribution is 14.1. The fourth-order valence-corrected chi connectivity index (χ4v) is 8.55. The molecule has 10 aromatic rings. The van der Waals surface area contributed by atoms with Crippen LogP contribution in [0.25, 0.3) is 34.2 Å². The summed E-state index contributed by atoms with van der Waals surface area (Å²) in [5, 5.41) is 8.66. The second kappa shape index (κ2) is 32.4. The smallest absolute Gasteiger partial charge is 0.252 e. The zero-order valence-electron chi connectivity index (χ0n) is 47.2. The molecule has 0 fully saturated rings. The molecule has 0 unspecified atom stereocenters. The number of nitrogens with zero attached hydrogens (tertiary/aromatic N) is 11. The Labute approximate surface area is 530 Å². The number of benzene rings is 8. The van der Waals surface area contributed by atoms with Gasteiger partial charge >= 0.3 is 0 Å². The molecule has 5 N–H and O–H groups in total. The number of aliphatic imine (C=N–C) groups is 1. The Morgan fingerprint density at radius 3 is 1.20 bits per heavy atom. The number of hydrogen-bond donors (Lipinski definition) is 3. The lowest BCUT2D eigenvalue weighted by molar-refractivity contribution is 0.108. The maximum atomic E-state index is 10.7. The minimum Gasteiger partial charge on any atom is -0.383 e. The third-order valence-corrected chi connectivity index (χ3v) is 14.6. The number of rotatable bonds is 13. The Kier molecular flexibility index (Phi) is 25.3. The largest absolute Gasteiger partial charge is 0.383 e. The number of halogens is 5. The van der Waals surface area contributed by atoms with Crippen LogP contribution in [-0.2, 0) is 6.54 Å². The monoisotopic (exact) mass is 1430 g/mol. The molecule has 0 aliphatic carbocycles. The van der Waals surface area contributed by atoms with Crippen LogP contribution in [0.2, 0.25) is 0 Å². The van der Waals surface area contributed by atoms with Gasteiger partial charge in [0.15, 0.2) is 11.6 Å². The lowest BCUT2D eigenvalue weighted by Crippen LogP contribution is -2.14. The van der Waals surface area contributed by atoms with E-state index in [4.69, 9.17) is 23.2 Å². The summed E-state index contributed by atoms with van der Waals surface area (Å²) in [6.07, 6.45) is 3.48. The lowest BCUT2D eigenvalue weighted by atomic mass is 10.2. The van der Waals surface area contributed by atoms with Crippen LogP contribution in [0, 0.1) is 3.57 Å². The van der Waals surface area contributed by atoms with Crippen molar-refractivity contribution in [1.29, 1.82) is 0 Å². The highest BCUT2D eigenvalue weighted by Crippen LogP contribution is 2.23. The lowest BCUT2D eigenvalue weighted by Gasteiger charge is -2.12. The molecule has 0 radical (unpaired) electrons.